The van der Waals surface area contributed by atoms with Crippen LogP contribution in [-0.2, 0) is 10.0 Å². The largest absolute Gasteiger partial charge is 0.339 e. The van der Waals surface area contributed by atoms with E-state index in [2.05, 4.69) is 25.6 Å². The number of likely N-dealkylation sites (tertiary alicyclic amines) is 1. The summed E-state index contributed by atoms with van der Waals surface area (Å²) >= 11 is 3.29. The molecule has 0 saturated carbocycles. The normalized spacial score (nSPS) is 16.0. The summed E-state index contributed by atoms with van der Waals surface area (Å²) in [6, 6.07) is 9.73. The van der Waals surface area contributed by atoms with Gasteiger partial charge in [-0.3, -0.25) is 9.78 Å². The van der Waals surface area contributed by atoms with Crippen molar-refractivity contribution in [1.29, 1.82) is 0 Å². The van der Waals surface area contributed by atoms with Crippen LogP contribution in [0.2, 0.25) is 0 Å². The molecule has 1 aliphatic heterocycles. The maximum Gasteiger partial charge on any atom is 0.253 e. The number of carbonyl (C=O) groups excluding carboxylic acids is 1. The molecule has 6 nitrogen and oxygen atoms in total. The monoisotopic (exact) mass is 423 g/mol. The van der Waals surface area contributed by atoms with Crippen LogP contribution in [0.25, 0.3) is 0 Å². The fourth-order valence-electron chi connectivity index (χ4n) is 2.78. The lowest BCUT2D eigenvalue weighted by molar-refractivity contribution is 0.0711. The maximum absolute atomic E-state index is 12.4. The number of nitrogens with one attached hydrogen (secondary N) is 1. The van der Waals surface area contributed by atoms with Crippen molar-refractivity contribution in [3.8, 4) is 0 Å². The van der Waals surface area contributed by atoms with Gasteiger partial charge in [-0.1, -0.05) is 15.9 Å². The number of amides is 1. The van der Waals surface area contributed by atoms with E-state index in [1.54, 1.807) is 53.7 Å². The molecule has 0 unspecified atom stereocenters. The van der Waals surface area contributed by atoms with Crippen LogP contribution in [0.3, 0.4) is 0 Å². The second-order valence-electron chi connectivity index (χ2n) is 5.88. The Labute approximate surface area is 155 Å². The quantitative estimate of drug-likeness (QED) is 0.818. The third kappa shape index (κ3) is 4.45. The van der Waals surface area contributed by atoms with Gasteiger partial charge in [0.25, 0.3) is 5.91 Å². The first kappa shape index (κ1) is 18.0. The molecular formula is C17H18BrN3O3S. The lowest BCUT2D eigenvalue weighted by Gasteiger charge is -2.32. The predicted molar refractivity (Wildman–Crippen MR) is 97.6 cm³/mol. The molecule has 1 N–H and O–H groups in total. The Bertz CT molecular complexity index is 833. The van der Waals surface area contributed by atoms with Crippen molar-refractivity contribution in [2.45, 2.75) is 23.8 Å². The van der Waals surface area contributed by atoms with Gasteiger partial charge >= 0.3 is 0 Å². The Balaban J connectivity index is 1.59. The zero-order chi connectivity index (χ0) is 17.9. The molecular weight excluding hydrogens is 406 g/mol. The number of hydrogen-bond donors (Lipinski definition) is 1. The van der Waals surface area contributed by atoms with Crippen molar-refractivity contribution in [3.05, 3.63) is 58.8 Å². The van der Waals surface area contributed by atoms with Gasteiger partial charge in [0.15, 0.2) is 0 Å². The number of sulfonamides is 1. The summed E-state index contributed by atoms with van der Waals surface area (Å²) in [5, 5.41) is 0. The van der Waals surface area contributed by atoms with Crippen LogP contribution >= 0.6 is 15.9 Å². The third-order valence-corrected chi connectivity index (χ3v) is 6.22. The van der Waals surface area contributed by atoms with Crippen LogP contribution in [0.15, 0.2) is 58.2 Å². The molecule has 25 heavy (non-hydrogen) atoms. The fourth-order valence-corrected chi connectivity index (χ4v) is 4.35. The van der Waals surface area contributed by atoms with Crippen LogP contribution in [0.1, 0.15) is 23.2 Å². The molecule has 0 aliphatic carbocycles. The number of aromatic nitrogens is 1. The highest BCUT2D eigenvalue weighted by molar-refractivity contribution is 9.10. The van der Waals surface area contributed by atoms with Gasteiger partial charge < -0.3 is 4.90 Å². The number of piperidine rings is 1. The number of benzene rings is 1. The van der Waals surface area contributed by atoms with Crippen molar-refractivity contribution < 1.29 is 13.2 Å². The molecule has 8 heteroatoms. The maximum atomic E-state index is 12.4. The van der Waals surface area contributed by atoms with Gasteiger partial charge in [-0.25, -0.2) is 13.1 Å². The minimum Gasteiger partial charge on any atom is -0.339 e. The van der Waals surface area contributed by atoms with Gasteiger partial charge in [-0.2, -0.15) is 0 Å². The number of hydrogen-bond acceptors (Lipinski definition) is 4. The summed E-state index contributed by atoms with van der Waals surface area (Å²) in [6.07, 6.45) is 4.36. The van der Waals surface area contributed by atoms with Crippen LogP contribution in [0.5, 0.6) is 0 Å². The van der Waals surface area contributed by atoms with Gasteiger partial charge in [-0.15, -0.1) is 0 Å². The highest BCUT2D eigenvalue weighted by Crippen LogP contribution is 2.18. The molecule has 2 aromatic rings. The van der Waals surface area contributed by atoms with E-state index in [0.717, 1.165) is 4.47 Å². The topological polar surface area (TPSA) is 79.4 Å². The van der Waals surface area contributed by atoms with E-state index in [9.17, 15) is 13.2 Å². The predicted octanol–water partition coefficient (Wildman–Crippen LogP) is 2.43. The Kier molecular flexibility index (Phi) is 5.51. The Morgan fingerprint density at radius 1 is 1.08 bits per heavy atom. The number of pyridine rings is 1. The summed E-state index contributed by atoms with van der Waals surface area (Å²) in [4.78, 5) is 18.3. The average Bonchev–Trinajstić information content (AvgIpc) is 2.62. The second kappa shape index (κ2) is 7.63. The smallest absolute Gasteiger partial charge is 0.253 e. The molecule has 0 bridgehead atoms. The summed E-state index contributed by atoms with van der Waals surface area (Å²) < 4.78 is 28.4. The Morgan fingerprint density at radius 2 is 1.68 bits per heavy atom. The lowest BCUT2D eigenvalue weighted by Crippen LogP contribution is -2.46. The molecule has 1 amide bonds. The van der Waals surface area contributed by atoms with E-state index in [1.165, 1.54) is 0 Å². The molecule has 1 saturated heterocycles. The molecule has 1 fully saturated rings. The highest BCUT2D eigenvalue weighted by atomic mass is 79.9. The average molecular weight is 424 g/mol. The summed E-state index contributed by atoms with van der Waals surface area (Å²) in [5.41, 5.74) is 0.601. The third-order valence-electron chi connectivity index (χ3n) is 4.16. The molecule has 3 rings (SSSR count). The lowest BCUT2D eigenvalue weighted by atomic mass is 10.1. The van der Waals surface area contributed by atoms with Crippen molar-refractivity contribution in [2.75, 3.05) is 13.1 Å². The van der Waals surface area contributed by atoms with Gasteiger partial charge in [0.05, 0.1) is 4.90 Å². The number of nitrogens with zero attached hydrogens (tertiary/aromatic N) is 2. The summed E-state index contributed by atoms with van der Waals surface area (Å²) in [6.45, 7) is 1.05. The highest BCUT2D eigenvalue weighted by Gasteiger charge is 2.27. The standard InChI is InChI=1S/C17H18BrN3O3S/c18-14-1-3-16(4-2-14)25(23,24)20-15-7-11-21(12-8-15)17(22)13-5-9-19-10-6-13/h1-6,9-10,15,20H,7-8,11-12H2. The Morgan fingerprint density at radius 3 is 2.28 bits per heavy atom. The number of halogens is 1. The van der Waals surface area contributed by atoms with Crippen molar-refractivity contribution in [2.24, 2.45) is 0 Å². The first-order valence-corrected chi connectivity index (χ1v) is 10.2. The Hall–Kier alpha value is -1.77. The van der Waals surface area contributed by atoms with Crippen LogP contribution in [0.4, 0.5) is 0 Å². The summed E-state index contributed by atoms with van der Waals surface area (Å²) in [5.74, 6) is -0.0448. The number of rotatable bonds is 4. The van der Waals surface area contributed by atoms with E-state index >= 15 is 0 Å². The van der Waals surface area contributed by atoms with E-state index < -0.39 is 10.0 Å². The molecule has 1 aromatic carbocycles. The summed E-state index contributed by atoms with van der Waals surface area (Å²) in [7, 11) is -3.55. The van der Waals surface area contributed by atoms with Crippen LogP contribution in [-0.4, -0.2) is 43.3 Å². The van der Waals surface area contributed by atoms with E-state index in [0.29, 0.717) is 31.5 Å². The molecule has 132 valence electrons. The molecule has 0 spiro atoms. The van der Waals surface area contributed by atoms with Gasteiger partial charge in [0.2, 0.25) is 10.0 Å². The zero-order valence-electron chi connectivity index (χ0n) is 13.4. The molecule has 1 aromatic heterocycles. The molecule has 0 radical (unpaired) electrons. The fraction of sp³-hybridized carbons (Fsp3) is 0.294. The van der Waals surface area contributed by atoms with Crippen molar-refractivity contribution in [1.82, 2.24) is 14.6 Å². The van der Waals surface area contributed by atoms with Crippen LogP contribution in [0, 0.1) is 0 Å². The van der Waals surface area contributed by atoms with Gasteiger partial charge in [-0.05, 0) is 49.2 Å². The molecule has 1 aliphatic rings. The first-order valence-electron chi connectivity index (χ1n) is 7.93. The first-order chi connectivity index (χ1) is 12.0. The van der Waals surface area contributed by atoms with Crippen molar-refractivity contribution in [3.63, 3.8) is 0 Å². The molecule has 0 atom stereocenters. The SMILES string of the molecule is O=C(c1ccncc1)N1CCC(NS(=O)(=O)c2ccc(Br)cc2)CC1. The minimum absolute atomic E-state index is 0.0448. The van der Waals surface area contributed by atoms with E-state index in [4.69, 9.17) is 0 Å². The minimum atomic E-state index is -3.55. The van der Waals surface area contributed by atoms with Crippen LogP contribution < -0.4 is 4.72 Å². The molecule has 2 heterocycles. The van der Waals surface area contributed by atoms with E-state index in [1.807, 2.05) is 0 Å². The van der Waals surface area contributed by atoms with Gasteiger partial charge in [0, 0.05) is 41.6 Å². The van der Waals surface area contributed by atoms with Gasteiger partial charge in [0.1, 0.15) is 0 Å². The van der Waals surface area contributed by atoms with E-state index in [-0.39, 0.29) is 16.8 Å². The number of carbonyl (C=O) groups is 1. The van der Waals surface area contributed by atoms with Crippen molar-refractivity contribution >= 4 is 31.9 Å². The second-order valence-corrected chi connectivity index (χ2v) is 8.51. The zero-order valence-corrected chi connectivity index (χ0v) is 15.8.